The summed E-state index contributed by atoms with van der Waals surface area (Å²) in [6.07, 6.45) is 4.12. The van der Waals surface area contributed by atoms with E-state index in [0.29, 0.717) is 5.92 Å². The van der Waals surface area contributed by atoms with Gasteiger partial charge in [0.2, 0.25) is 5.65 Å². The summed E-state index contributed by atoms with van der Waals surface area (Å²) in [5.74, 6) is 0.445. The summed E-state index contributed by atoms with van der Waals surface area (Å²) < 4.78 is 4.56. The molecule has 3 aromatic heterocycles. The fraction of sp³-hybridized carbons (Fsp3) is 0.263. The summed E-state index contributed by atoms with van der Waals surface area (Å²) >= 11 is 0. The van der Waals surface area contributed by atoms with Crippen LogP contribution in [0.1, 0.15) is 31.0 Å². The fourth-order valence-electron chi connectivity index (χ4n) is 3.49. The minimum atomic E-state index is 0.445. The SMILES string of the molecule is Cc1cccc2c3cccnc3n3c(C(C)C)c[n+](C)c3c12. The summed E-state index contributed by atoms with van der Waals surface area (Å²) in [6.45, 7) is 6.66. The quantitative estimate of drug-likeness (QED) is 0.385. The lowest BCUT2D eigenvalue weighted by Gasteiger charge is -2.07. The van der Waals surface area contributed by atoms with Gasteiger partial charge in [0.25, 0.3) is 5.65 Å². The van der Waals surface area contributed by atoms with Crippen LogP contribution in [-0.4, -0.2) is 9.38 Å². The summed E-state index contributed by atoms with van der Waals surface area (Å²) in [6, 6.07) is 10.7. The van der Waals surface area contributed by atoms with E-state index in [0.717, 1.165) is 5.65 Å². The second kappa shape index (κ2) is 4.54. The minimum Gasteiger partial charge on any atom is -0.232 e. The van der Waals surface area contributed by atoms with Gasteiger partial charge in [-0.05, 0) is 24.6 Å². The maximum Gasteiger partial charge on any atom is 0.296 e. The second-order valence-electron chi connectivity index (χ2n) is 6.35. The normalized spacial score (nSPS) is 12.0. The molecule has 0 aliphatic rings. The molecule has 0 unspecified atom stereocenters. The lowest BCUT2D eigenvalue weighted by atomic mass is 10.0. The monoisotopic (exact) mass is 290 g/mol. The zero-order chi connectivity index (χ0) is 15.4. The zero-order valence-electron chi connectivity index (χ0n) is 13.5. The van der Waals surface area contributed by atoms with Crippen LogP contribution in [-0.2, 0) is 7.05 Å². The number of aryl methyl sites for hydroxylation is 2. The summed E-state index contributed by atoms with van der Waals surface area (Å²) in [5, 5.41) is 3.81. The number of fused-ring (bicyclic) bond motifs is 6. The molecule has 110 valence electrons. The van der Waals surface area contributed by atoms with Gasteiger partial charge < -0.3 is 0 Å². The Kier molecular flexibility index (Phi) is 2.73. The molecule has 0 fully saturated rings. The number of pyridine rings is 2. The van der Waals surface area contributed by atoms with Crippen LogP contribution in [0.3, 0.4) is 0 Å². The first-order valence-corrected chi connectivity index (χ1v) is 7.76. The second-order valence-corrected chi connectivity index (χ2v) is 6.35. The van der Waals surface area contributed by atoms with Crippen molar-refractivity contribution in [2.45, 2.75) is 26.7 Å². The van der Waals surface area contributed by atoms with Crippen LogP contribution in [0.4, 0.5) is 0 Å². The summed E-state index contributed by atoms with van der Waals surface area (Å²) in [7, 11) is 2.13. The molecule has 0 saturated heterocycles. The maximum absolute atomic E-state index is 4.70. The first kappa shape index (κ1) is 13.3. The minimum absolute atomic E-state index is 0.445. The Morgan fingerprint density at radius 1 is 1.09 bits per heavy atom. The van der Waals surface area contributed by atoms with Crippen molar-refractivity contribution >= 4 is 27.5 Å². The number of benzene rings is 1. The molecule has 3 heterocycles. The topological polar surface area (TPSA) is 21.2 Å². The number of rotatable bonds is 1. The third-order valence-corrected chi connectivity index (χ3v) is 4.51. The highest BCUT2D eigenvalue weighted by atomic mass is 15.1. The van der Waals surface area contributed by atoms with Gasteiger partial charge in [-0.15, -0.1) is 0 Å². The molecule has 0 bridgehead atoms. The highest BCUT2D eigenvalue weighted by Crippen LogP contribution is 2.31. The third-order valence-electron chi connectivity index (χ3n) is 4.51. The van der Waals surface area contributed by atoms with E-state index in [4.69, 9.17) is 4.98 Å². The largest absolute Gasteiger partial charge is 0.296 e. The molecule has 3 heteroatoms. The Morgan fingerprint density at radius 3 is 2.64 bits per heavy atom. The van der Waals surface area contributed by atoms with Crippen molar-refractivity contribution in [2.75, 3.05) is 0 Å². The molecule has 0 atom stereocenters. The van der Waals surface area contributed by atoms with E-state index < -0.39 is 0 Å². The molecule has 0 spiro atoms. The predicted molar refractivity (Wildman–Crippen MR) is 90.2 cm³/mol. The van der Waals surface area contributed by atoms with Gasteiger partial charge in [0.05, 0.1) is 17.8 Å². The first-order chi connectivity index (χ1) is 10.6. The highest BCUT2D eigenvalue weighted by Gasteiger charge is 2.24. The van der Waals surface area contributed by atoms with E-state index >= 15 is 0 Å². The van der Waals surface area contributed by atoms with Gasteiger partial charge in [-0.3, -0.25) is 0 Å². The molecule has 0 aliphatic heterocycles. The zero-order valence-corrected chi connectivity index (χ0v) is 13.5. The fourth-order valence-corrected chi connectivity index (χ4v) is 3.49. The number of hydrogen-bond donors (Lipinski definition) is 0. The molecule has 0 N–H and O–H groups in total. The van der Waals surface area contributed by atoms with E-state index in [9.17, 15) is 0 Å². The Hall–Kier alpha value is -2.42. The lowest BCUT2D eigenvalue weighted by molar-refractivity contribution is -0.643. The average molecular weight is 290 g/mol. The van der Waals surface area contributed by atoms with Gasteiger partial charge in [0.15, 0.2) is 5.69 Å². The Morgan fingerprint density at radius 2 is 1.86 bits per heavy atom. The molecule has 0 amide bonds. The van der Waals surface area contributed by atoms with E-state index in [1.54, 1.807) is 0 Å². The predicted octanol–water partition coefficient (Wildman–Crippen LogP) is 3.90. The van der Waals surface area contributed by atoms with Crippen molar-refractivity contribution in [3.8, 4) is 0 Å². The van der Waals surface area contributed by atoms with Crippen molar-refractivity contribution in [1.29, 1.82) is 0 Å². The van der Waals surface area contributed by atoms with Crippen molar-refractivity contribution < 1.29 is 4.57 Å². The van der Waals surface area contributed by atoms with Crippen molar-refractivity contribution in [2.24, 2.45) is 7.05 Å². The van der Waals surface area contributed by atoms with Gasteiger partial charge in [-0.2, -0.15) is 4.40 Å². The Bertz CT molecular complexity index is 1030. The first-order valence-electron chi connectivity index (χ1n) is 7.76. The summed E-state index contributed by atoms with van der Waals surface area (Å²) in [4.78, 5) is 4.70. The highest BCUT2D eigenvalue weighted by molar-refractivity contribution is 6.11. The number of hydrogen-bond acceptors (Lipinski definition) is 1. The van der Waals surface area contributed by atoms with Crippen molar-refractivity contribution in [3.05, 3.63) is 54.0 Å². The third kappa shape index (κ3) is 1.62. The van der Waals surface area contributed by atoms with Gasteiger partial charge >= 0.3 is 0 Å². The molecule has 22 heavy (non-hydrogen) atoms. The van der Waals surface area contributed by atoms with Crippen LogP contribution in [0.5, 0.6) is 0 Å². The van der Waals surface area contributed by atoms with Crippen LogP contribution in [0.2, 0.25) is 0 Å². The summed E-state index contributed by atoms with van der Waals surface area (Å²) in [5.41, 5.74) is 4.87. The Labute approximate surface area is 129 Å². The molecule has 0 aliphatic carbocycles. The van der Waals surface area contributed by atoms with E-state index in [-0.39, 0.29) is 0 Å². The molecular weight excluding hydrogens is 270 g/mol. The van der Waals surface area contributed by atoms with Crippen LogP contribution >= 0.6 is 0 Å². The van der Waals surface area contributed by atoms with Gasteiger partial charge in [-0.1, -0.05) is 32.0 Å². The van der Waals surface area contributed by atoms with E-state index in [2.05, 4.69) is 67.2 Å². The standard InChI is InChI=1S/C19H20N3/c1-12(2)16-11-21(4)19-17-13(3)7-5-8-14(17)15-9-6-10-20-18(15)22(16)19/h5-12H,1-4H3/q+1. The molecule has 0 radical (unpaired) electrons. The molecule has 4 aromatic rings. The van der Waals surface area contributed by atoms with Crippen LogP contribution < -0.4 is 4.57 Å². The van der Waals surface area contributed by atoms with Crippen molar-refractivity contribution in [1.82, 2.24) is 9.38 Å². The number of nitrogens with zero attached hydrogens (tertiary/aromatic N) is 3. The molecular formula is C19H20N3+. The molecule has 3 nitrogen and oxygen atoms in total. The van der Waals surface area contributed by atoms with Gasteiger partial charge in [-0.25, -0.2) is 9.55 Å². The Balaban J connectivity index is 2.44. The smallest absolute Gasteiger partial charge is 0.232 e. The molecule has 4 rings (SSSR count). The van der Waals surface area contributed by atoms with Crippen LogP contribution in [0.15, 0.2) is 42.7 Å². The molecule has 1 aromatic carbocycles. The van der Waals surface area contributed by atoms with Crippen molar-refractivity contribution in [3.63, 3.8) is 0 Å². The lowest BCUT2D eigenvalue weighted by Crippen LogP contribution is -2.26. The number of aromatic nitrogens is 3. The molecule has 0 saturated carbocycles. The van der Waals surface area contributed by atoms with E-state index in [1.165, 1.54) is 33.1 Å². The number of imidazole rings is 1. The van der Waals surface area contributed by atoms with Gasteiger partial charge in [0.1, 0.15) is 6.20 Å². The average Bonchev–Trinajstić information content (AvgIpc) is 2.86. The van der Waals surface area contributed by atoms with E-state index in [1.807, 2.05) is 12.3 Å². The van der Waals surface area contributed by atoms with Crippen LogP contribution in [0.25, 0.3) is 27.5 Å². The maximum atomic E-state index is 4.70. The van der Waals surface area contributed by atoms with Gasteiger partial charge in [0, 0.05) is 17.5 Å². The van der Waals surface area contributed by atoms with Crippen LogP contribution in [0, 0.1) is 6.92 Å².